The quantitative estimate of drug-likeness (QED) is 0.453. The molecule has 0 aliphatic carbocycles. The molecule has 0 radical (unpaired) electrons. The summed E-state index contributed by atoms with van der Waals surface area (Å²) >= 11 is 19.4. The number of halogens is 4. The monoisotopic (exact) mass is 364 g/mol. The topological polar surface area (TPSA) is 0 Å². The van der Waals surface area contributed by atoms with Crippen LogP contribution in [0.1, 0.15) is 26.7 Å². The van der Waals surface area contributed by atoms with Crippen molar-refractivity contribution in [1.82, 2.24) is 0 Å². The van der Waals surface area contributed by atoms with E-state index in [0.717, 1.165) is 12.8 Å². The number of allylic oxidation sites excluding steroid dienone is 1. The van der Waals surface area contributed by atoms with E-state index in [1.807, 2.05) is 0 Å². The van der Waals surface area contributed by atoms with Gasteiger partial charge in [0.1, 0.15) is 0 Å². The number of rotatable bonds is 6. The number of hydrogen-bond acceptors (Lipinski definition) is 0. The minimum Gasteiger partial charge on any atom is -0.122 e. The second-order valence-corrected chi connectivity index (χ2v) is 7.83. The van der Waals surface area contributed by atoms with Gasteiger partial charge in [-0.25, -0.2) is 0 Å². The summed E-state index contributed by atoms with van der Waals surface area (Å²) in [5.74, 6) is 0. The molecule has 0 rings (SSSR count). The standard InChI is InChI=1S/C10H16Br2Cl2/c1-4-10(14,7-11)6-5-8(13)9(2,3)12/h4,8H,1,5-7H2,2-3H3/t8-,10+/m1/s1. The van der Waals surface area contributed by atoms with Crippen molar-refractivity contribution in [2.45, 2.75) is 41.3 Å². The average Bonchev–Trinajstić information content (AvgIpc) is 2.12. The van der Waals surface area contributed by atoms with Gasteiger partial charge in [0, 0.05) is 15.0 Å². The van der Waals surface area contributed by atoms with Crippen molar-refractivity contribution in [2.24, 2.45) is 0 Å². The second-order valence-electron chi connectivity index (χ2n) is 3.94. The van der Waals surface area contributed by atoms with Crippen molar-refractivity contribution in [3.63, 3.8) is 0 Å². The Morgan fingerprint density at radius 3 is 2.29 bits per heavy atom. The molecule has 0 heterocycles. The van der Waals surface area contributed by atoms with Crippen molar-refractivity contribution in [3.8, 4) is 0 Å². The van der Waals surface area contributed by atoms with Gasteiger partial charge >= 0.3 is 0 Å². The lowest BCUT2D eigenvalue weighted by Crippen LogP contribution is -2.28. The van der Waals surface area contributed by atoms with Crippen molar-refractivity contribution < 1.29 is 0 Å². The van der Waals surface area contributed by atoms with E-state index in [9.17, 15) is 0 Å². The summed E-state index contributed by atoms with van der Waals surface area (Å²) in [6, 6.07) is 0. The zero-order valence-corrected chi connectivity index (χ0v) is 13.2. The Morgan fingerprint density at radius 1 is 1.50 bits per heavy atom. The van der Waals surface area contributed by atoms with Gasteiger partial charge in [-0.1, -0.05) is 37.9 Å². The Balaban J connectivity index is 4.11. The molecule has 0 aliphatic heterocycles. The van der Waals surface area contributed by atoms with Crippen LogP contribution in [0.3, 0.4) is 0 Å². The normalized spacial score (nSPS) is 18.7. The molecule has 0 aromatic carbocycles. The van der Waals surface area contributed by atoms with Crippen LogP contribution in [0, 0.1) is 0 Å². The van der Waals surface area contributed by atoms with Gasteiger partial charge < -0.3 is 0 Å². The van der Waals surface area contributed by atoms with E-state index in [-0.39, 0.29) is 14.6 Å². The van der Waals surface area contributed by atoms with Gasteiger partial charge in [0.2, 0.25) is 0 Å². The summed E-state index contributed by atoms with van der Waals surface area (Å²) in [5, 5.41) is 0.775. The van der Waals surface area contributed by atoms with Crippen molar-refractivity contribution in [1.29, 1.82) is 0 Å². The van der Waals surface area contributed by atoms with Crippen LogP contribution in [-0.4, -0.2) is 19.9 Å². The summed E-state index contributed by atoms with van der Waals surface area (Å²) in [4.78, 5) is -0.370. The fourth-order valence-corrected chi connectivity index (χ4v) is 1.89. The molecule has 0 amide bonds. The lowest BCUT2D eigenvalue weighted by Gasteiger charge is -2.27. The third kappa shape index (κ3) is 5.39. The maximum absolute atomic E-state index is 6.26. The third-order valence-corrected chi connectivity index (χ3v) is 5.53. The first kappa shape index (κ1) is 15.3. The highest BCUT2D eigenvalue weighted by Crippen LogP contribution is 2.33. The number of hydrogen-bond donors (Lipinski definition) is 0. The van der Waals surface area contributed by atoms with Gasteiger partial charge in [0.05, 0.1) is 4.87 Å². The molecule has 14 heavy (non-hydrogen) atoms. The van der Waals surface area contributed by atoms with E-state index < -0.39 is 0 Å². The van der Waals surface area contributed by atoms with Crippen LogP contribution in [0.4, 0.5) is 0 Å². The molecule has 0 aromatic heterocycles. The van der Waals surface area contributed by atoms with Crippen LogP contribution in [0.25, 0.3) is 0 Å². The SMILES string of the molecule is C=C[C@@](Cl)(CBr)CC[C@@H](Cl)C(C)(C)Br. The van der Waals surface area contributed by atoms with E-state index in [1.54, 1.807) is 6.08 Å². The molecule has 2 atom stereocenters. The van der Waals surface area contributed by atoms with Crippen LogP contribution in [0.2, 0.25) is 0 Å². The van der Waals surface area contributed by atoms with E-state index >= 15 is 0 Å². The predicted molar refractivity (Wildman–Crippen MR) is 74.5 cm³/mol. The third-order valence-electron chi connectivity index (χ3n) is 2.15. The molecule has 0 bridgehead atoms. The number of alkyl halides is 4. The highest BCUT2D eigenvalue weighted by Gasteiger charge is 2.28. The van der Waals surface area contributed by atoms with Crippen LogP contribution >= 0.6 is 55.1 Å². The van der Waals surface area contributed by atoms with Gasteiger partial charge in [-0.05, 0) is 26.7 Å². The molecule has 4 heteroatoms. The molecular weight excluding hydrogens is 351 g/mol. The van der Waals surface area contributed by atoms with Gasteiger partial charge in [-0.15, -0.1) is 29.8 Å². The first-order chi connectivity index (χ1) is 6.25. The molecule has 0 saturated carbocycles. The fourth-order valence-electron chi connectivity index (χ4n) is 0.933. The lowest BCUT2D eigenvalue weighted by molar-refractivity contribution is 0.563. The molecule has 0 unspecified atom stereocenters. The Hall–Kier alpha value is 1.28. The summed E-state index contributed by atoms with van der Waals surface area (Å²) in [6.45, 7) is 7.84. The molecule has 0 N–H and O–H groups in total. The van der Waals surface area contributed by atoms with E-state index in [2.05, 4.69) is 52.3 Å². The van der Waals surface area contributed by atoms with E-state index in [1.165, 1.54) is 0 Å². The van der Waals surface area contributed by atoms with Gasteiger partial charge in [-0.2, -0.15) is 0 Å². The second kappa shape index (κ2) is 6.12. The smallest absolute Gasteiger partial charge is 0.0720 e. The Morgan fingerprint density at radius 2 is 2.00 bits per heavy atom. The maximum Gasteiger partial charge on any atom is 0.0720 e. The van der Waals surface area contributed by atoms with E-state index in [4.69, 9.17) is 23.2 Å². The molecule has 84 valence electrons. The average molecular weight is 367 g/mol. The van der Waals surface area contributed by atoms with Crippen LogP contribution in [0.15, 0.2) is 12.7 Å². The Bertz CT molecular complexity index is 189. The highest BCUT2D eigenvalue weighted by molar-refractivity contribution is 9.10. The Labute approximate surface area is 114 Å². The van der Waals surface area contributed by atoms with Gasteiger partial charge in [0.25, 0.3) is 0 Å². The molecule has 0 nitrogen and oxygen atoms in total. The molecule has 0 aromatic rings. The molecular formula is C10H16Br2Cl2. The summed E-state index contributed by atoms with van der Waals surface area (Å²) in [6.07, 6.45) is 3.46. The lowest BCUT2D eigenvalue weighted by atomic mass is 9.98. The molecule has 0 fully saturated rings. The van der Waals surface area contributed by atoms with Gasteiger partial charge in [0.15, 0.2) is 0 Å². The van der Waals surface area contributed by atoms with Crippen LogP contribution in [-0.2, 0) is 0 Å². The highest BCUT2D eigenvalue weighted by atomic mass is 79.9. The summed E-state index contributed by atoms with van der Waals surface area (Å²) < 4.78 is -0.0557. The molecule has 0 spiro atoms. The fraction of sp³-hybridized carbons (Fsp3) is 0.800. The first-order valence-corrected chi connectivity index (χ1v) is 7.19. The van der Waals surface area contributed by atoms with Crippen molar-refractivity contribution >= 4 is 55.1 Å². The summed E-state index contributed by atoms with van der Waals surface area (Å²) in [5.41, 5.74) is 0. The Kier molecular flexibility index (Phi) is 6.68. The van der Waals surface area contributed by atoms with Gasteiger partial charge in [-0.3, -0.25) is 0 Å². The zero-order valence-electron chi connectivity index (χ0n) is 8.49. The molecule has 0 saturated heterocycles. The van der Waals surface area contributed by atoms with Crippen molar-refractivity contribution in [3.05, 3.63) is 12.7 Å². The minimum absolute atomic E-state index is 0.0557. The van der Waals surface area contributed by atoms with Crippen molar-refractivity contribution in [2.75, 3.05) is 5.33 Å². The largest absolute Gasteiger partial charge is 0.122 e. The first-order valence-electron chi connectivity index (χ1n) is 4.46. The maximum atomic E-state index is 6.26. The molecule has 0 aliphatic rings. The van der Waals surface area contributed by atoms with E-state index in [0.29, 0.717) is 5.33 Å². The summed E-state index contributed by atoms with van der Waals surface area (Å²) in [7, 11) is 0. The predicted octanol–water partition coefficient (Wildman–Crippen LogP) is 5.11. The van der Waals surface area contributed by atoms with Crippen LogP contribution in [0.5, 0.6) is 0 Å². The zero-order chi connectivity index (χ0) is 11.4. The minimum atomic E-state index is -0.370. The van der Waals surface area contributed by atoms with Crippen LogP contribution < -0.4 is 0 Å².